The zero-order valence-corrected chi connectivity index (χ0v) is 9.67. The van der Waals surface area contributed by atoms with Crippen molar-refractivity contribution in [1.82, 2.24) is 16.3 Å². The zero-order valence-electron chi connectivity index (χ0n) is 9.67. The highest BCUT2D eigenvalue weighted by Gasteiger charge is 2.27. The van der Waals surface area contributed by atoms with Crippen LogP contribution in [0, 0.1) is 0 Å². The molecule has 0 fully saturated rings. The fourth-order valence-corrected chi connectivity index (χ4v) is 2.11. The molecule has 0 radical (unpaired) electrons. The van der Waals surface area contributed by atoms with Gasteiger partial charge in [-0.2, -0.15) is 5.48 Å². The molecule has 0 saturated carbocycles. The molecule has 0 bridgehead atoms. The van der Waals surface area contributed by atoms with Crippen LogP contribution in [-0.2, 0) is 0 Å². The van der Waals surface area contributed by atoms with E-state index in [1.165, 1.54) is 5.57 Å². The third-order valence-electron chi connectivity index (χ3n) is 3.00. The highest BCUT2D eigenvalue weighted by Crippen LogP contribution is 2.40. The number of hydroxylamine groups is 2. The predicted octanol–water partition coefficient (Wildman–Crippen LogP) is 0.801. The molecule has 1 aromatic carbocycles. The van der Waals surface area contributed by atoms with Crippen molar-refractivity contribution >= 4 is 5.70 Å². The lowest BCUT2D eigenvalue weighted by atomic mass is 10.0. The summed E-state index contributed by atoms with van der Waals surface area (Å²) in [5.41, 5.74) is 9.28. The topological polar surface area (TPSA) is 54.5 Å². The van der Waals surface area contributed by atoms with E-state index in [1.54, 1.807) is 0 Å². The second-order valence-electron chi connectivity index (χ2n) is 4.09. The first-order chi connectivity index (χ1) is 8.40. The number of hydrogen-bond donors (Lipinski definition) is 3. The first-order valence-corrected chi connectivity index (χ1v) is 5.72. The summed E-state index contributed by atoms with van der Waals surface area (Å²) in [5.74, 6) is 1.63. The molecule has 0 aliphatic carbocycles. The third kappa shape index (κ3) is 1.73. The Kier molecular flexibility index (Phi) is 2.62. The summed E-state index contributed by atoms with van der Waals surface area (Å²) in [6.45, 7) is 1.63. The van der Waals surface area contributed by atoms with Gasteiger partial charge in [-0.15, -0.1) is 0 Å². The summed E-state index contributed by atoms with van der Waals surface area (Å²) in [7, 11) is 1.95. The fourth-order valence-electron chi connectivity index (χ4n) is 2.11. The van der Waals surface area contributed by atoms with Gasteiger partial charge in [0.25, 0.3) is 0 Å². The molecule has 3 N–H and O–H groups in total. The van der Waals surface area contributed by atoms with E-state index in [0.717, 1.165) is 35.7 Å². The van der Waals surface area contributed by atoms with Gasteiger partial charge in [0.2, 0.25) is 0 Å². The van der Waals surface area contributed by atoms with Crippen molar-refractivity contribution in [3.8, 4) is 11.5 Å². The largest absolute Gasteiger partial charge is 0.408 e. The van der Waals surface area contributed by atoms with Gasteiger partial charge in [-0.3, -0.25) is 0 Å². The standard InChI is InChI=1S/C12H15N3O2/c1-13-6-5-8-7-14-16-9-3-2-4-10-11(9)12(8)15-17-10/h2-4,13-15H,5-7H2,1H3. The van der Waals surface area contributed by atoms with Crippen LogP contribution in [0.3, 0.4) is 0 Å². The minimum absolute atomic E-state index is 0.696. The number of benzene rings is 1. The second-order valence-corrected chi connectivity index (χ2v) is 4.09. The molecule has 2 aliphatic heterocycles. The zero-order chi connectivity index (χ0) is 11.7. The third-order valence-corrected chi connectivity index (χ3v) is 3.00. The quantitative estimate of drug-likeness (QED) is 0.721. The Morgan fingerprint density at radius 1 is 1.29 bits per heavy atom. The molecule has 2 heterocycles. The van der Waals surface area contributed by atoms with Crippen molar-refractivity contribution in [3.63, 3.8) is 0 Å². The lowest BCUT2D eigenvalue weighted by molar-refractivity contribution is 0.205. The van der Waals surface area contributed by atoms with Gasteiger partial charge in [0.1, 0.15) is 0 Å². The van der Waals surface area contributed by atoms with Crippen molar-refractivity contribution in [3.05, 3.63) is 29.3 Å². The highest BCUT2D eigenvalue weighted by atomic mass is 16.7. The van der Waals surface area contributed by atoms with Gasteiger partial charge < -0.3 is 15.0 Å². The molecule has 0 unspecified atom stereocenters. The molecule has 1 aromatic rings. The maximum absolute atomic E-state index is 5.52. The highest BCUT2D eigenvalue weighted by molar-refractivity contribution is 5.79. The minimum atomic E-state index is 0.696. The van der Waals surface area contributed by atoms with Gasteiger partial charge in [0.05, 0.1) is 17.8 Å². The summed E-state index contributed by atoms with van der Waals surface area (Å²) in [5, 5.41) is 3.15. The Morgan fingerprint density at radius 2 is 2.12 bits per heavy atom. The fraction of sp³-hybridized carbons (Fsp3) is 0.333. The summed E-state index contributed by atoms with van der Waals surface area (Å²) in [6.07, 6.45) is 0.951. The van der Waals surface area contributed by atoms with E-state index >= 15 is 0 Å². The van der Waals surface area contributed by atoms with E-state index in [1.807, 2.05) is 25.2 Å². The van der Waals surface area contributed by atoms with Crippen molar-refractivity contribution in [2.45, 2.75) is 6.42 Å². The lowest BCUT2D eigenvalue weighted by Crippen LogP contribution is -2.23. The average Bonchev–Trinajstić information content (AvgIpc) is 2.69. The van der Waals surface area contributed by atoms with E-state index in [9.17, 15) is 0 Å². The van der Waals surface area contributed by atoms with E-state index in [2.05, 4.69) is 16.3 Å². The van der Waals surface area contributed by atoms with Gasteiger partial charge in [-0.25, -0.2) is 5.48 Å². The Morgan fingerprint density at radius 3 is 2.94 bits per heavy atom. The van der Waals surface area contributed by atoms with Gasteiger partial charge in [-0.1, -0.05) is 6.07 Å². The first-order valence-electron chi connectivity index (χ1n) is 5.72. The van der Waals surface area contributed by atoms with E-state index < -0.39 is 0 Å². The van der Waals surface area contributed by atoms with Crippen molar-refractivity contribution < 1.29 is 9.68 Å². The summed E-state index contributed by atoms with van der Waals surface area (Å²) in [6, 6.07) is 5.78. The first kappa shape index (κ1) is 10.4. The minimum Gasteiger partial charge on any atom is -0.408 e. The lowest BCUT2D eigenvalue weighted by Gasteiger charge is -2.08. The van der Waals surface area contributed by atoms with Crippen LogP contribution >= 0.6 is 0 Å². The Labute approximate surface area is 99.7 Å². The molecule has 0 amide bonds. The summed E-state index contributed by atoms with van der Waals surface area (Å²) in [4.78, 5) is 11.0. The van der Waals surface area contributed by atoms with Crippen molar-refractivity contribution in [1.29, 1.82) is 0 Å². The average molecular weight is 233 g/mol. The van der Waals surface area contributed by atoms with Crippen LogP contribution in [0.2, 0.25) is 0 Å². The summed E-state index contributed by atoms with van der Waals surface area (Å²) < 4.78 is 0. The van der Waals surface area contributed by atoms with Gasteiger partial charge in [0.15, 0.2) is 11.5 Å². The van der Waals surface area contributed by atoms with Gasteiger partial charge >= 0.3 is 0 Å². The van der Waals surface area contributed by atoms with Crippen LogP contribution in [0.1, 0.15) is 12.0 Å². The maximum Gasteiger partial charge on any atom is 0.168 e. The Balaban J connectivity index is 2.04. The maximum atomic E-state index is 5.52. The molecular weight excluding hydrogens is 218 g/mol. The SMILES string of the molecule is CNCCC1=C2NOc3cccc(c32)ONC1. The Bertz CT molecular complexity index is 471. The van der Waals surface area contributed by atoms with Crippen LogP contribution < -0.4 is 26.0 Å². The van der Waals surface area contributed by atoms with Crippen molar-refractivity contribution in [2.24, 2.45) is 0 Å². The van der Waals surface area contributed by atoms with E-state index in [4.69, 9.17) is 9.68 Å². The molecule has 2 aliphatic rings. The monoisotopic (exact) mass is 233 g/mol. The summed E-state index contributed by atoms with van der Waals surface area (Å²) >= 11 is 0. The van der Waals surface area contributed by atoms with Crippen LogP contribution in [-0.4, -0.2) is 20.1 Å². The van der Waals surface area contributed by atoms with E-state index in [-0.39, 0.29) is 0 Å². The van der Waals surface area contributed by atoms with Gasteiger partial charge in [0, 0.05) is 0 Å². The smallest absolute Gasteiger partial charge is 0.168 e. The molecule has 0 atom stereocenters. The van der Waals surface area contributed by atoms with Gasteiger partial charge in [-0.05, 0) is 37.7 Å². The molecule has 17 heavy (non-hydrogen) atoms. The molecule has 0 spiro atoms. The number of hydrogen-bond acceptors (Lipinski definition) is 5. The predicted molar refractivity (Wildman–Crippen MR) is 64.3 cm³/mol. The van der Waals surface area contributed by atoms with Crippen molar-refractivity contribution in [2.75, 3.05) is 20.1 Å². The molecule has 90 valence electrons. The molecular formula is C12H15N3O2. The molecule has 0 aromatic heterocycles. The Hall–Kier alpha value is -1.72. The molecule has 0 saturated heterocycles. The van der Waals surface area contributed by atoms with Crippen LogP contribution in [0.5, 0.6) is 11.5 Å². The molecule has 3 rings (SSSR count). The van der Waals surface area contributed by atoms with Crippen LogP contribution in [0.15, 0.2) is 23.8 Å². The molecule has 5 heteroatoms. The number of rotatable bonds is 3. The molecule has 5 nitrogen and oxygen atoms in total. The normalized spacial score (nSPS) is 16.8. The second kappa shape index (κ2) is 4.27. The van der Waals surface area contributed by atoms with Crippen LogP contribution in [0.4, 0.5) is 0 Å². The number of nitrogens with one attached hydrogen (secondary N) is 3. The van der Waals surface area contributed by atoms with Crippen LogP contribution in [0.25, 0.3) is 5.70 Å². The van der Waals surface area contributed by atoms with E-state index in [0.29, 0.717) is 6.54 Å².